The lowest BCUT2D eigenvalue weighted by molar-refractivity contribution is -0.121. The Hall–Kier alpha value is -1.31. The van der Waals surface area contributed by atoms with E-state index in [1.165, 1.54) is 31.2 Å². The first-order valence-corrected chi connectivity index (χ1v) is 9.00. The Morgan fingerprint density at radius 2 is 1.50 bits per heavy atom. The van der Waals surface area contributed by atoms with Gasteiger partial charge in [-0.05, 0) is 25.3 Å². The molecular weight excluding hydrogens is 270 g/mol. The highest BCUT2D eigenvalue weighted by Crippen LogP contribution is 2.10. The molecule has 0 aliphatic carbocycles. The monoisotopic (exact) mass is 305 g/mol. The summed E-state index contributed by atoms with van der Waals surface area (Å²) in [6, 6.07) is 8.57. The first kappa shape index (κ1) is 20.7. The molecule has 0 aromatic heterocycles. The molecule has 126 valence electrons. The molecular formula is C20H35NO. The van der Waals surface area contributed by atoms with E-state index in [4.69, 9.17) is 0 Å². The third-order valence-electron chi connectivity index (χ3n) is 3.66. The van der Waals surface area contributed by atoms with Gasteiger partial charge >= 0.3 is 0 Å². The summed E-state index contributed by atoms with van der Waals surface area (Å²) in [5.74, 6) is 0.158. The second-order valence-corrected chi connectivity index (χ2v) is 5.71. The Labute approximate surface area is 137 Å². The summed E-state index contributed by atoms with van der Waals surface area (Å²) in [5, 5.41) is 3.21. The van der Waals surface area contributed by atoms with E-state index in [0.29, 0.717) is 12.5 Å². The molecule has 1 aromatic carbocycles. The molecule has 0 radical (unpaired) electrons. The highest BCUT2D eigenvalue weighted by atomic mass is 16.1. The number of nitrogens with one attached hydrogen (secondary N) is 1. The van der Waals surface area contributed by atoms with Gasteiger partial charge in [-0.3, -0.25) is 4.79 Å². The maximum atomic E-state index is 12.1. The zero-order valence-electron chi connectivity index (χ0n) is 15.2. The molecule has 0 unspecified atom stereocenters. The number of unbranched alkanes of at least 4 members (excludes halogenated alkanes) is 2. The molecule has 0 saturated heterocycles. The predicted octanol–water partition coefficient (Wildman–Crippen LogP) is 5.43. The van der Waals surface area contributed by atoms with Crippen LogP contribution in [0.4, 0.5) is 0 Å². The Balaban J connectivity index is 0.00000211. The van der Waals surface area contributed by atoms with Crippen LogP contribution in [-0.2, 0) is 11.2 Å². The van der Waals surface area contributed by atoms with Crippen LogP contribution in [-0.4, -0.2) is 11.9 Å². The van der Waals surface area contributed by atoms with E-state index in [0.717, 1.165) is 18.4 Å². The van der Waals surface area contributed by atoms with E-state index in [9.17, 15) is 4.79 Å². The second-order valence-electron chi connectivity index (χ2n) is 5.71. The summed E-state index contributed by atoms with van der Waals surface area (Å²) in [6.45, 7) is 10.5. The molecule has 1 aromatic rings. The average Bonchev–Trinajstić information content (AvgIpc) is 2.54. The van der Waals surface area contributed by atoms with Gasteiger partial charge in [0.2, 0.25) is 5.91 Å². The van der Waals surface area contributed by atoms with Crippen molar-refractivity contribution in [3.8, 4) is 0 Å². The predicted molar refractivity (Wildman–Crippen MR) is 97.2 cm³/mol. The number of carbonyl (C=O) groups is 1. The van der Waals surface area contributed by atoms with Crippen LogP contribution in [0.1, 0.15) is 77.3 Å². The van der Waals surface area contributed by atoms with Crippen LogP contribution in [0.15, 0.2) is 24.3 Å². The lowest BCUT2D eigenvalue weighted by Gasteiger charge is -2.18. The van der Waals surface area contributed by atoms with Gasteiger partial charge in [0, 0.05) is 6.04 Å². The smallest absolute Gasteiger partial charge is 0.224 e. The zero-order valence-corrected chi connectivity index (χ0v) is 15.2. The molecule has 2 heteroatoms. The SMILES string of the molecule is CC.CCCCC(CCCC)NC(=O)Cc1ccc(C)cc1. The first-order valence-electron chi connectivity index (χ1n) is 9.00. The third kappa shape index (κ3) is 9.59. The highest BCUT2D eigenvalue weighted by Gasteiger charge is 2.11. The van der Waals surface area contributed by atoms with E-state index in [2.05, 4.69) is 38.2 Å². The van der Waals surface area contributed by atoms with Gasteiger partial charge in [0.25, 0.3) is 0 Å². The number of rotatable bonds is 9. The minimum atomic E-state index is 0.158. The summed E-state index contributed by atoms with van der Waals surface area (Å²) >= 11 is 0. The van der Waals surface area contributed by atoms with E-state index < -0.39 is 0 Å². The van der Waals surface area contributed by atoms with Gasteiger partial charge in [-0.1, -0.05) is 83.2 Å². The van der Waals surface area contributed by atoms with Crippen molar-refractivity contribution in [2.75, 3.05) is 0 Å². The quantitative estimate of drug-likeness (QED) is 0.647. The van der Waals surface area contributed by atoms with Crippen molar-refractivity contribution < 1.29 is 4.79 Å². The summed E-state index contributed by atoms with van der Waals surface area (Å²) in [5.41, 5.74) is 2.33. The molecule has 0 fully saturated rings. The number of aryl methyl sites for hydroxylation is 1. The number of carbonyl (C=O) groups excluding carboxylic acids is 1. The van der Waals surface area contributed by atoms with Crippen LogP contribution in [0.25, 0.3) is 0 Å². The van der Waals surface area contributed by atoms with Crippen LogP contribution in [0.5, 0.6) is 0 Å². The Kier molecular flexibility index (Phi) is 12.6. The van der Waals surface area contributed by atoms with Gasteiger partial charge in [0.05, 0.1) is 6.42 Å². The molecule has 0 aliphatic heterocycles. The number of benzene rings is 1. The molecule has 2 nitrogen and oxygen atoms in total. The fourth-order valence-corrected chi connectivity index (χ4v) is 2.36. The van der Waals surface area contributed by atoms with Crippen molar-refractivity contribution in [3.05, 3.63) is 35.4 Å². The second kappa shape index (κ2) is 13.4. The van der Waals surface area contributed by atoms with Crippen LogP contribution < -0.4 is 5.32 Å². The van der Waals surface area contributed by atoms with Gasteiger partial charge in [-0.25, -0.2) is 0 Å². The van der Waals surface area contributed by atoms with Gasteiger partial charge in [0.15, 0.2) is 0 Å². The van der Waals surface area contributed by atoms with E-state index >= 15 is 0 Å². The fourth-order valence-electron chi connectivity index (χ4n) is 2.36. The molecule has 22 heavy (non-hydrogen) atoms. The minimum Gasteiger partial charge on any atom is -0.353 e. The van der Waals surface area contributed by atoms with E-state index in [1.807, 2.05) is 26.0 Å². The first-order chi connectivity index (χ1) is 10.7. The normalized spacial score (nSPS) is 10.1. The molecule has 0 aliphatic rings. The Morgan fingerprint density at radius 3 is 1.95 bits per heavy atom. The topological polar surface area (TPSA) is 29.1 Å². The minimum absolute atomic E-state index is 0.158. The van der Waals surface area contributed by atoms with Crippen LogP contribution in [0.3, 0.4) is 0 Å². The van der Waals surface area contributed by atoms with E-state index in [-0.39, 0.29) is 5.91 Å². The van der Waals surface area contributed by atoms with Crippen LogP contribution in [0.2, 0.25) is 0 Å². The zero-order chi connectivity index (χ0) is 16.8. The molecule has 0 bridgehead atoms. The van der Waals surface area contributed by atoms with E-state index in [1.54, 1.807) is 0 Å². The largest absolute Gasteiger partial charge is 0.353 e. The summed E-state index contributed by atoms with van der Waals surface area (Å²) in [4.78, 5) is 12.1. The van der Waals surface area contributed by atoms with Crippen molar-refractivity contribution in [2.24, 2.45) is 0 Å². The molecule has 0 saturated carbocycles. The van der Waals surface area contributed by atoms with Crippen molar-refractivity contribution in [1.82, 2.24) is 5.32 Å². The summed E-state index contributed by atoms with van der Waals surface area (Å²) in [6.07, 6.45) is 7.48. The summed E-state index contributed by atoms with van der Waals surface area (Å²) < 4.78 is 0. The fraction of sp³-hybridized carbons (Fsp3) is 0.650. The number of amides is 1. The number of hydrogen-bond donors (Lipinski definition) is 1. The maximum Gasteiger partial charge on any atom is 0.224 e. The lowest BCUT2D eigenvalue weighted by atomic mass is 10.0. The van der Waals surface area contributed by atoms with Gasteiger partial charge in [-0.15, -0.1) is 0 Å². The van der Waals surface area contributed by atoms with Crippen molar-refractivity contribution in [1.29, 1.82) is 0 Å². The maximum absolute atomic E-state index is 12.1. The van der Waals surface area contributed by atoms with Crippen molar-refractivity contribution >= 4 is 5.91 Å². The lowest BCUT2D eigenvalue weighted by Crippen LogP contribution is -2.35. The third-order valence-corrected chi connectivity index (χ3v) is 3.66. The number of hydrogen-bond acceptors (Lipinski definition) is 1. The molecule has 1 rings (SSSR count). The Bertz CT molecular complexity index is 375. The van der Waals surface area contributed by atoms with Crippen LogP contribution in [0, 0.1) is 6.92 Å². The van der Waals surface area contributed by atoms with Gasteiger partial charge in [-0.2, -0.15) is 0 Å². The molecule has 0 heterocycles. The molecule has 0 atom stereocenters. The van der Waals surface area contributed by atoms with Crippen molar-refractivity contribution in [2.45, 2.75) is 85.6 Å². The summed E-state index contributed by atoms with van der Waals surface area (Å²) in [7, 11) is 0. The average molecular weight is 306 g/mol. The molecule has 0 spiro atoms. The molecule has 1 amide bonds. The van der Waals surface area contributed by atoms with Gasteiger partial charge in [0.1, 0.15) is 0 Å². The highest BCUT2D eigenvalue weighted by molar-refractivity contribution is 5.78. The standard InChI is InChI=1S/C18H29NO.C2H6/c1-4-6-8-17(9-7-5-2)19-18(20)14-16-12-10-15(3)11-13-16;1-2/h10-13,17H,4-9,14H2,1-3H3,(H,19,20);1-2H3. The Morgan fingerprint density at radius 1 is 1.00 bits per heavy atom. The molecule has 1 N–H and O–H groups in total. The van der Waals surface area contributed by atoms with Gasteiger partial charge < -0.3 is 5.32 Å². The van der Waals surface area contributed by atoms with Crippen molar-refractivity contribution in [3.63, 3.8) is 0 Å². The van der Waals surface area contributed by atoms with Crippen LogP contribution >= 0.6 is 0 Å².